The van der Waals surface area contributed by atoms with E-state index in [-0.39, 0.29) is 0 Å². The molecule has 2 heterocycles. The van der Waals surface area contributed by atoms with Gasteiger partial charge in [-0.05, 0) is 24.4 Å². The molecule has 0 aromatic rings. The van der Waals surface area contributed by atoms with Crippen LogP contribution in [0.25, 0.3) is 0 Å². The second-order valence-corrected chi connectivity index (χ2v) is 3.19. The Bertz CT molecular complexity index is 236. The molecule has 0 spiro atoms. The molecule has 10 heavy (non-hydrogen) atoms. The van der Waals surface area contributed by atoms with E-state index in [9.17, 15) is 0 Å². The zero-order chi connectivity index (χ0) is 6.81. The molecule has 0 aromatic carbocycles. The normalized spacial score (nSPS) is 23.2. The highest BCUT2D eigenvalue weighted by molar-refractivity contribution is 8.02. The van der Waals surface area contributed by atoms with Crippen molar-refractivity contribution in [2.45, 2.75) is 6.42 Å². The lowest BCUT2D eigenvalue weighted by atomic mass is 10.1. The lowest BCUT2D eigenvalue weighted by molar-refractivity contribution is 0.706. The molecular formula is C7H8N2S. The molecule has 0 saturated carbocycles. The highest BCUT2D eigenvalue weighted by Crippen LogP contribution is 2.26. The SMILES string of the molecule is C1=CC2=C(CNCC2)SN=1. The molecule has 0 unspecified atom stereocenters. The van der Waals surface area contributed by atoms with Crippen LogP contribution in [0.15, 0.2) is 21.0 Å². The molecule has 2 aliphatic heterocycles. The quantitative estimate of drug-likeness (QED) is 0.526. The summed E-state index contributed by atoms with van der Waals surface area (Å²) in [6, 6.07) is 0. The van der Waals surface area contributed by atoms with Gasteiger partial charge in [0, 0.05) is 29.5 Å². The third-order valence-corrected chi connectivity index (χ3v) is 2.49. The summed E-state index contributed by atoms with van der Waals surface area (Å²) in [6.07, 6.45) is 3.12. The number of allylic oxidation sites excluding steroid dienone is 1. The van der Waals surface area contributed by atoms with Crippen molar-refractivity contribution < 1.29 is 0 Å². The van der Waals surface area contributed by atoms with E-state index in [1.807, 2.05) is 6.08 Å². The van der Waals surface area contributed by atoms with Crippen LogP contribution >= 0.6 is 11.9 Å². The molecule has 52 valence electrons. The van der Waals surface area contributed by atoms with E-state index in [2.05, 4.69) is 15.6 Å². The summed E-state index contributed by atoms with van der Waals surface area (Å²) < 4.78 is 3.97. The van der Waals surface area contributed by atoms with E-state index in [4.69, 9.17) is 0 Å². The Morgan fingerprint density at radius 2 is 2.70 bits per heavy atom. The van der Waals surface area contributed by atoms with Crippen molar-refractivity contribution in [3.05, 3.63) is 16.6 Å². The van der Waals surface area contributed by atoms with Crippen molar-refractivity contribution in [1.82, 2.24) is 5.32 Å². The second-order valence-electron chi connectivity index (χ2n) is 2.33. The molecule has 0 fully saturated rings. The van der Waals surface area contributed by atoms with E-state index in [0.717, 1.165) is 19.5 Å². The van der Waals surface area contributed by atoms with Crippen LogP contribution in [0.3, 0.4) is 0 Å². The Hall–Kier alpha value is -0.500. The molecular weight excluding hydrogens is 144 g/mol. The van der Waals surface area contributed by atoms with Crippen LogP contribution in [-0.2, 0) is 0 Å². The van der Waals surface area contributed by atoms with Gasteiger partial charge in [-0.15, -0.1) is 0 Å². The summed E-state index contributed by atoms with van der Waals surface area (Å²) >= 11 is 1.55. The number of hydrogen-bond acceptors (Lipinski definition) is 3. The van der Waals surface area contributed by atoms with Gasteiger partial charge < -0.3 is 5.32 Å². The van der Waals surface area contributed by atoms with Gasteiger partial charge in [0.25, 0.3) is 0 Å². The molecule has 0 amide bonds. The molecule has 0 bridgehead atoms. The van der Waals surface area contributed by atoms with Crippen LogP contribution < -0.4 is 5.32 Å². The van der Waals surface area contributed by atoms with Crippen LogP contribution in [0.4, 0.5) is 0 Å². The molecule has 0 aromatic heterocycles. The summed E-state index contributed by atoms with van der Waals surface area (Å²) in [4.78, 5) is 1.37. The minimum absolute atomic E-state index is 0.988. The third kappa shape index (κ3) is 1.03. The standard InChI is InChI=1S/C7H8N2S/c1-3-8-5-7-6(1)2-4-9-10-7/h2,8H,1,3,5H2. The molecule has 0 atom stereocenters. The Kier molecular flexibility index (Phi) is 1.63. The van der Waals surface area contributed by atoms with Crippen molar-refractivity contribution in [2.75, 3.05) is 13.1 Å². The predicted molar refractivity (Wildman–Crippen MR) is 44.1 cm³/mol. The number of rotatable bonds is 0. The van der Waals surface area contributed by atoms with Crippen LogP contribution in [0.2, 0.25) is 0 Å². The van der Waals surface area contributed by atoms with Gasteiger partial charge in [0.2, 0.25) is 0 Å². The zero-order valence-electron chi connectivity index (χ0n) is 5.55. The summed E-state index contributed by atoms with van der Waals surface area (Å²) in [6.45, 7) is 2.08. The van der Waals surface area contributed by atoms with Gasteiger partial charge in [0.1, 0.15) is 0 Å². The Balaban J connectivity index is 2.30. The first-order valence-electron chi connectivity index (χ1n) is 3.35. The molecule has 2 rings (SSSR count). The van der Waals surface area contributed by atoms with Crippen LogP contribution in [-0.4, -0.2) is 19.0 Å². The van der Waals surface area contributed by atoms with Gasteiger partial charge in [-0.3, -0.25) is 0 Å². The first-order valence-corrected chi connectivity index (χ1v) is 4.13. The van der Waals surface area contributed by atoms with E-state index in [1.165, 1.54) is 10.5 Å². The maximum absolute atomic E-state index is 3.97. The smallest absolute Gasteiger partial charge is 0.0287 e. The largest absolute Gasteiger partial charge is 0.312 e. The fourth-order valence-electron chi connectivity index (χ4n) is 1.11. The predicted octanol–water partition coefficient (Wildman–Crippen LogP) is 1.12. The van der Waals surface area contributed by atoms with Gasteiger partial charge >= 0.3 is 0 Å². The van der Waals surface area contributed by atoms with Crippen molar-refractivity contribution in [3.63, 3.8) is 0 Å². The number of nitrogens with zero attached hydrogens (tertiary/aromatic N) is 1. The van der Waals surface area contributed by atoms with E-state index in [0.29, 0.717) is 0 Å². The topological polar surface area (TPSA) is 24.4 Å². The van der Waals surface area contributed by atoms with Crippen LogP contribution in [0.1, 0.15) is 6.42 Å². The van der Waals surface area contributed by atoms with Crippen molar-refractivity contribution in [3.8, 4) is 0 Å². The monoisotopic (exact) mass is 152 g/mol. The molecule has 2 aliphatic rings. The second kappa shape index (κ2) is 2.62. The highest BCUT2D eigenvalue weighted by atomic mass is 32.2. The van der Waals surface area contributed by atoms with Gasteiger partial charge in [0.05, 0.1) is 0 Å². The maximum Gasteiger partial charge on any atom is 0.0287 e. The number of hydrogen-bond donors (Lipinski definition) is 1. The van der Waals surface area contributed by atoms with Gasteiger partial charge in [-0.25, -0.2) is 0 Å². The Morgan fingerprint density at radius 3 is 3.60 bits per heavy atom. The molecule has 0 saturated heterocycles. The summed E-state index contributed by atoms with van der Waals surface area (Å²) in [7, 11) is 0. The van der Waals surface area contributed by atoms with Gasteiger partial charge in [0.15, 0.2) is 0 Å². The van der Waals surface area contributed by atoms with Crippen LogP contribution in [0.5, 0.6) is 0 Å². The van der Waals surface area contributed by atoms with Gasteiger partial charge in [-0.2, -0.15) is 4.40 Å². The minimum Gasteiger partial charge on any atom is -0.312 e. The average molecular weight is 152 g/mol. The first kappa shape index (κ1) is 6.23. The first-order chi connectivity index (χ1) is 4.97. The van der Waals surface area contributed by atoms with E-state index in [1.54, 1.807) is 11.9 Å². The Morgan fingerprint density at radius 1 is 1.70 bits per heavy atom. The van der Waals surface area contributed by atoms with Crippen molar-refractivity contribution >= 4 is 17.8 Å². The fourth-order valence-corrected chi connectivity index (χ4v) is 1.77. The van der Waals surface area contributed by atoms with E-state index >= 15 is 0 Å². The molecule has 3 heteroatoms. The maximum atomic E-state index is 3.97. The summed E-state index contributed by atoms with van der Waals surface area (Å²) in [5.74, 6) is 2.86. The molecule has 0 radical (unpaired) electrons. The zero-order valence-corrected chi connectivity index (χ0v) is 6.37. The highest BCUT2D eigenvalue weighted by Gasteiger charge is 2.11. The van der Waals surface area contributed by atoms with Crippen molar-refractivity contribution in [1.29, 1.82) is 0 Å². The lowest BCUT2D eigenvalue weighted by Gasteiger charge is -2.17. The fraction of sp³-hybridized carbons (Fsp3) is 0.429. The Labute approximate surface area is 64.2 Å². The summed E-state index contributed by atoms with van der Waals surface area (Å²) in [5, 5.41) is 3.30. The summed E-state index contributed by atoms with van der Waals surface area (Å²) in [5.41, 5.74) is 1.42. The number of nitrogens with one attached hydrogen (secondary N) is 1. The third-order valence-electron chi connectivity index (χ3n) is 1.66. The molecule has 2 nitrogen and oxygen atoms in total. The average Bonchev–Trinajstić information content (AvgIpc) is 2.05. The molecule has 1 N–H and O–H groups in total. The van der Waals surface area contributed by atoms with E-state index < -0.39 is 0 Å². The lowest BCUT2D eigenvalue weighted by Crippen LogP contribution is -2.23. The van der Waals surface area contributed by atoms with Crippen molar-refractivity contribution in [2.24, 2.45) is 4.40 Å². The van der Waals surface area contributed by atoms with Gasteiger partial charge in [-0.1, -0.05) is 0 Å². The van der Waals surface area contributed by atoms with Crippen LogP contribution in [0, 0.1) is 0 Å². The molecule has 0 aliphatic carbocycles. The minimum atomic E-state index is 0.988.